The maximum absolute atomic E-state index is 11.8. The molecule has 1 aromatic rings. The minimum absolute atomic E-state index is 0.147. The van der Waals surface area contributed by atoms with Crippen molar-refractivity contribution in [2.75, 3.05) is 13.7 Å². The summed E-state index contributed by atoms with van der Waals surface area (Å²) in [4.78, 5) is 11.8. The highest BCUT2D eigenvalue weighted by molar-refractivity contribution is 9.10. The number of methoxy groups -OCH3 is 1. The minimum Gasteiger partial charge on any atom is -0.496 e. The molecule has 0 spiro atoms. The number of carbonyl (C=O) groups is 1. The van der Waals surface area contributed by atoms with E-state index in [-0.39, 0.29) is 5.91 Å². The van der Waals surface area contributed by atoms with Gasteiger partial charge in [0.05, 0.1) is 12.7 Å². The van der Waals surface area contributed by atoms with E-state index in [1.165, 1.54) is 7.11 Å². The van der Waals surface area contributed by atoms with Gasteiger partial charge in [0.15, 0.2) is 0 Å². The smallest absolute Gasteiger partial charge is 0.255 e. The third-order valence-corrected chi connectivity index (χ3v) is 2.68. The van der Waals surface area contributed by atoms with Crippen molar-refractivity contribution < 1.29 is 9.53 Å². The van der Waals surface area contributed by atoms with Crippen LogP contribution in [0.15, 0.2) is 22.7 Å². The lowest BCUT2D eigenvalue weighted by Crippen LogP contribution is -2.24. The molecule has 0 saturated heterocycles. The van der Waals surface area contributed by atoms with E-state index in [2.05, 4.69) is 27.2 Å². The molecular weight excluding hydrogens is 282 g/mol. The summed E-state index contributed by atoms with van der Waals surface area (Å²) in [7, 11) is 1.54. The van der Waals surface area contributed by atoms with Gasteiger partial charge in [-0.3, -0.25) is 4.79 Å². The SMILES string of the molecule is C#CCCCNC(=O)c1ccc(Br)cc1OC. The Bertz CT molecular complexity index is 438. The predicted octanol–water partition coefficient (Wildman–Crippen LogP) is 2.60. The quantitative estimate of drug-likeness (QED) is 0.670. The second-order valence-corrected chi connectivity index (χ2v) is 4.32. The zero-order valence-corrected chi connectivity index (χ0v) is 11.2. The first kappa shape index (κ1) is 13.6. The third-order valence-electron chi connectivity index (χ3n) is 2.19. The maximum Gasteiger partial charge on any atom is 0.255 e. The van der Waals surface area contributed by atoms with Crippen LogP contribution in [0.2, 0.25) is 0 Å². The van der Waals surface area contributed by atoms with Crippen LogP contribution < -0.4 is 10.1 Å². The van der Waals surface area contributed by atoms with Gasteiger partial charge in [0.25, 0.3) is 5.91 Å². The van der Waals surface area contributed by atoms with E-state index in [9.17, 15) is 4.79 Å². The largest absolute Gasteiger partial charge is 0.496 e. The molecule has 1 amide bonds. The molecule has 0 atom stereocenters. The van der Waals surface area contributed by atoms with Crippen molar-refractivity contribution in [3.05, 3.63) is 28.2 Å². The van der Waals surface area contributed by atoms with Crippen molar-refractivity contribution in [2.45, 2.75) is 12.8 Å². The third kappa shape index (κ3) is 4.12. The fourth-order valence-electron chi connectivity index (χ4n) is 1.34. The molecule has 0 aliphatic heterocycles. The van der Waals surface area contributed by atoms with Crippen molar-refractivity contribution in [3.8, 4) is 18.1 Å². The Morgan fingerprint density at radius 2 is 2.35 bits per heavy atom. The number of hydrogen-bond acceptors (Lipinski definition) is 2. The molecule has 0 saturated carbocycles. The topological polar surface area (TPSA) is 38.3 Å². The molecule has 0 aliphatic carbocycles. The van der Waals surface area contributed by atoms with Crippen molar-refractivity contribution in [3.63, 3.8) is 0 Å². The van der Waals surface area contributed by atoms with Crippen molar-refractivity contribution in [2.24, 2.45) is 0 Å². The normalized spacial score (nSPS) is 9.47. The molecule has 0 bridgehead atoms. The van der Waals surface area contributed by atoms with Crippen LogP contribution in [-0.2, 0) is 0 Å². The minimum atomic E-state index is -0.147. The number of benzene rings is 1. The van der Waals surface area contributed by atoms with E-state index in [1.807, 2.05) is 0 Å². The van der Waals surface area contributed by atoms with Crippen molar-refractivity contribution in [1.29, 1.82) is 0 Å². The van der Waals surface area contributed by atoms with Gasteiger partial charge in [0, 0.05) is 17.4 Å². The van der Waals surface area contributed by atoms with Gasteiger partial charge in [-0.05, 0) is 24.6 Å². The van der Waals surface area contributed by atoms with Gasteiger partial charge >= 0.3 is 0 Å². The molecule has 0 aromatic heterocycles. The Hall–Kier alpha value is -1.47. The molecule has 0 fully saturated rings. The molecule has 0 heterocycles. The standard InChI is InChI=1S/C13H14BrNO2/c1-3-4-5-8-15-13(16)11-7-6-10(14)9-12(11)17-2/h1,6-7,9H,4-5,8H2,2H3,(H,15,16). The van der Waals surface area contributed by atoms with E-state index in [4.69, 9.17) is 11.2 Å². The maximum atomic E-state index is 11.8. The van der Waals surface area contributed by atoms with Gasteiger partial charge in [-0.1, -0.05) is 15.9 Å². The van der Waals surface area contributed by atoms with Crippen LogP contribution in [0.4, 0.5) is 0 Å². The summed E-state index contributed by atoms with van der Waals surface area (Å²) < 4.78 is 6.02. The number of terminal acetylenes is 1. The first-order valence-electron chi connectivity index (χ1n) is 5.24. The number of ether oxygens (including phenoxy) is 1. The summed E-state index contributed by atoms with van der Waals surface area (Å²) in [6.45, 7) is 0.572. The fraction of sp³-hybridized carbons (Fsp3) is 0.308. The number of hydrogen-bond donors (Lipinski definition) is 1. The zero-order chi connectivity index (χ0) is 12.7. The van der Waals surface area contributed by atoms with Gasteiger partial charge in [-0.15, -0.1) is 12.3 Å². The lowest BCUT2D eigenvalue weighted by molar-refractivity contribution is 0.0950. The predicted molar refractivity (Wildman–Crippen MR) is 71.1 cm³/mol. The molecule has 0 radical (unpaired) electrons. The summed E-state index contributed by atoms with van der Waals surface area (Å²) in [6, 6.07) is 5.29. The molecule has 0 aliphatic rings. The van der Waals surface area contributed by atoms with Crippen LogP contribution >= 0.6 is 15.9 Å². The fourth-order valence-corrected chi connectivity index (χ4v) is 1.68. The van der Waals surface area contributed by atoms with Gasteiger partial charge < -0.3 is 10.1 Å². The van der Waals surface area contributed by atoms with E-state index < -0.39 is 0 Å². The Kier molecular flexibility index (Phi) is 5.58. The summed E-state index contributed by atoms with van der Waals surface area (Å²) in [5.41, 5.74) is 0.524. The van der Waals surface area contributed by atoms with E-state index in [0.717, 1.165) is 10.9 Å². The number of nitrogens with one attached hydrogen (secondary N) is 1. The lowest BCUT2D eigenvalue weighted by Gasteiger charge is -2.09. The van der Waals surface area contributed by atoms with Crippen LogP contribution in [-0.4, -0.2) is 19.6 Å². The van der Waals surface area contributed by atoms with Gasteiger partial charge in [-0.2, -0.15) is 0 Å². The molecule has 17 heavy (non-hydrogen) atoms. The molecule has 4 heteroatoms. The Morgan fingerprint density at radius 3 is 3.00 bits per heavy atom. The number of halogens is 1. The lowest BCUT2D eigenvalue weighted by atomic mass is 10.2. The molecular formula is C13H14BrNO2. The second kappa shape index (κ2) is 6.97. The van der Waals surface area contributed by atoms with Gasteiger partial charge in [0.1, 0.15) is 5.75 Å². The van der Waals surface area contributed by atoms with E-state index in [1.54, 1.807) is 18.2 Å². The average molecular weight is 296 g/mol. The van der Waals surface area contributed by atoms with Gasteiger partial charge in [0.2, 0.25) is 0 Å². The van der Waals surface area contributed by atoms with Crippen LogP contribution in [0.1, 0.15) is 23.2 Å². The van der Waals surface area contributed by atoms with Crippen molar-refractivity contribution >= 4 is 21.8 Å². The first-order valence-corrected chi connectivity index (χ1v) is 6.03. The monoisotopic (exact) mass is 295 g/mol. The number of rotatable bonds is 5. The van der Waals surface area contributed by atoms with Crippen LogP contribution in [0, 0.1) is 12.3 Å². The molecule has 1 aromatic carbocycles. The highest BCUT2D eigenvalue weighted by Gasteiger charge is 2.11. The average Bonchev–Trinajstić information content (AvgIpc) is 2.34. The highest BCUT2D eigenvalue weighted by atomic mass is 79.9. The number of carbonyl (C=O) groups excluding carboxylic acids is 1. The van der Waals surface area contributed by atoms with E-state index in [0.29, 0.717) is 24.3 Å². The Labute approximate surface area is 110 Å². The summed E-state index contributed by atoms with van der Waals surface area (Å²) in [6.07, 6.45) is 6.57. The molecule has 0 unspecified atom stereocenters. The Balaban J connectivity index is 2.65. The Morgan fingerprint density at radius 1 is 1.59 bits per heavy atom. The molecule has 3 nitrogen and oxygen atoms in total. The number of amides is 1. The first-order chi connectivity index (χ1) is 8.19. The van der Waals surface area contributed by atoms with Crippen molar-refractivity contribution in [1.82, 2.24) is 5.32 Å². The molecule has 1 rings (SSSR count). The molecule has 1 N–H and O–H groups in total. The summed E-state index contributed by atoms with van der Waals surface area (Å²) in [5, 5.41) is 2.80. The zero-order valence-electron chi connectivity index (χ0n) is 9.63. The summed E-state index contributed by atoms with van der Waals surface area (Å²) in [5.74, 6) is 2.93. The van der Waals surface area contributed by atoms with Gasteiger partial charge in [-0.25, -0.2) is 0 Å². The molecule has 90 valence electrons. The summed E-state index contributed by atoms with van der Waals surface area (Å²) >= 11 is 3.33. The number of unbranched alkanes of at least 4 members (excludes halogenated alkanes) is 1. The van der Waals surface area contributed by atoms with Crippen LogP contribution in [0.25, 0.3) is 0 Å². The second-order valence-electron chi connectivity index (χ2n) is 3.41. The highest BCUT2D eigenvalue weighted by Crippen LogP contribution is 2.23. The van der Waals surface area contributed by atoms with Crippen LogP contribution in [0.3, 0.4) is 0 Å². The van der Waals surface area contributed by atoms with Crippen LogP contribution in [0.5, 0.6) is 5.75 Å². The van der Waals surface area contributed by atoms with E-state index >= 15 is 0 Å².